The molecule has 3 aliphatic carbocycles. The van der Waals surface area contributed by atoms with Gasteiger partial charge in [0.25, 0.3) is 0 Å². The summed E-state index contributed by atoms with van der Waals surface area (Å²) in [6, 6.07) is 5.24. The minimum Gasteiger partial charge on any atom is -0.335 e. The van der Waals surface area contributed by atoms with Crippen LogP contribution < -0.4 is 4.84 Å². The first-order valence-electron chi connectivity index (χ1n) is 5.89. The van der Waals surface area contributed by atoms with Gasteiger partial charge in [0.15, 0.2) is 0 Å². The Hall–Kier alpha value is -1.49. The molecule has 0 N–H and O–H groups in total. The highest BCUT2D eigenvalue weighted by Gasteiger charge is 2.74. The first-order valence-corrected chi connectivity index (χ1v) is 6.30. The van der Waals surface area contributed by atoms with Gasteiger partial charge in [0.2, 0.25) is 0 Å². The Bertz CT molecular complexity index is 584. The lowest BCUT2D eigenvalue weighted by Gasteiger charge is -2.66. The SMILES string of the molecule is CC(=O)C12CC(C(=O)On3ccccc3=S)(C1)C2. The standard InChI is InChI=1S/C13H13NO3S/c1-9(15)12-6-13(7-12,8-12)11(16)17-14-5-3-2-4-10(14)18/h2-5H,6-8H2,1H3. The van der Waals surface area contributed by atoms with Crippen LogP contribution in [0.3, 0.4) is 0 Å². The molecule has 0 unspecified atom stereocenters. The van der Waals surface area contributed by atoms with E-state index in [1.54, 1.807) is 31.3 Å². The van der Waals surface area contributed by atoms with Gasteiger partial charge in [-0.25, -0.2) is 4.79 Å². The Labute approximate surface area is 110 Å². The molecule has 3 aliphatic rings. The Morgan fingerprint density at radius 1 is 1.28 bits per heavy atom. The van der Waals surface area contributed by atoms with E-state index >= 15 is 0 Å². The fourth-order valence-corrected chi connectivity index (χ4v) is 3.23. The second kappa shape index (κ2) is 3.51. The Morgan fingerprint density at radius 2 is 1.94 bits per heavy atom. The molecule has 0 radical (unpaired) electrons. The summed E-state index contributed by atoms with van der Waals surface area (Å²) < 4.78 is 1.76. The normalized spacial score (nSPS) is 32.1. The van der Waals surface area contributed by atoms with E-state index in [0.717, 1.165) is 0 Å². The molecule has 0 saturated heterocycles. The Kier molecular flexibility index (Phi) is 2.26. The van der Waals surface area contributed by atoms with E-state index in [-0.39, 0.29) is 17.2 Å². The monoisotopic (exact) mass is 263 g/mol. The van der Waals surface area contributed by atoms with Gasteiger partial charge in [0.1, 0.15) is 10.4 Å². The first kappa shape index (κ1) is 11.6. The predicted octanol–water partition coefficient (Wildman–Crippen LogP) is 1.93. The maximum Gasteiger partial charge on any atom is 0.339 e. The van der Waals surface area contributed by atoms with Crippen LogP contribution in [0.1, 0.15) is 26.2 Å². The van der Waals surface area contributed by atoms with Crippen LogP contribution in [0.15, 0.2) is 24.4 Å². The topological polar surface area (TPSA) is 48.3 Å². The maximum absolute atomic E-state index is 12.1. The number of hydrogen-bond donors (Lipinski definition) is 0. The fourth-order valence-electron chi connectivity index (χ4n) is 3.05. The maximum atomic E-state index is 12.1. The lowest BCUT2D eigenvalue weighted by atomic mass is 9.34. The van der Waals surface area contributed by atoms with Gasteiger partial charge in [-0.2, -0.15) is 4.73 Å². The molecular weight excluding hydrogens is 250 g/mol. The van der Waals surface area contributed by atoms with Crippen LogP contribution in [0, 0.1) is 15.5 Å². The third-order valence-corrected chi connectivity index (χ3v) is 4.50. The summed E-state index contributed by atoms with van der Waals surface area (Å²) in [6.45, 7) is 1.60. The van der Waals surface area contributed by atoms with E-state index in [9.17, 15) is 9.59 Å². The van der Waals surface area contributed by atoms with Crippen molar-refractivity contribution in [3.05, 3.63) is 29.0 Å². The molecule has 4 nitrogen and oxygen atoms in total. The van der Waals surface area contributed by atoms with Crippen molar-refractivity contribution in [3.8, 4) is 0 Å². The second-order valence-corrected chi connectivity index (χ2v) is 5.81. The molecular formula is C13H13NO3S. The van der Waals surface area contributed by atoms with E-state index in [1.807, 2.05) is 0 Å². The van der Waals surface area contributed by atoms with E-state index in [0.29, 0.717) is 23.9 Å². The van der Waals surface area contributed by atoms with Gasteiger partial charge in [-0.3, -0.25) is 4.79 Å². The molecule has 0 amide bonds. The highest BCUT2D eigenvalue weighted by Crippen LogP contribution is 2.73. The summed E-state index contributed by atoms with van der Waals surface area (Å²) in [5.74, 6) is -0.0820. The van der Waals surface area contributed by atoms with Crippen molar-refractivity contribution in [1.82, 2.24) is 4.73 Å². The van der Waals surface area contributed by atoms with Gasteiger partial charge in [-0.05, 0) is 38.3 Å². The zero-order valence-corrected chi connectivity index (χ0v) is 10.8. The van der Waals surface area contributed by atoms with Crippen molar-refractivity contribution in [1.29, 1.82) is 0 Å². The van der Waals surface area contributed by atoms with E-state index in [2.05, 4.69) is 0 Å². The van der Waals surface area contributed by atoms with Crippen LogP contribution in [0.25, 0.3) is 0 Å². The molecule has 0 aliphatic heterocycles. The average molecular weight is 263 g/mol. The van der Waals surface area contributed by atoms with Crippen LogP contribution in [0.5, 0.6) is 0 Å². The second-order valence-electron chi connectivity index (χ2n) is 5.39. The number of rotatable bonds is 3. The van der Waals surface area contributed by atoms with Crippen LogP contribution in [0.2, 0.25) is 0 Å². The number of Topliss-reactive ketones (excluding diaryl/α,β-unsaturated/α-hetero) is 1. The fraction of sp³-hybridized carbons (Fsp3) is 0.462. The summed E-state index contributed by atoms with van der Waals surface area (Å²) in [5.41, 5.74) is -0.659. The van der Waals surface area contributed by atoms with Crippen molar-refractivity contribution in [2.75, 3.05) is 0 Å². The Balaban J connectivity index is 1.71. The number of hydrogen-bond acceptors (Lipinski definition) is 4. The van der Waals surface area contributed by atoms with E-state index in [4.69, 9.17) is 17.1 Å². The van der Waals surface area contributed by atoms with Gasteiger partial charge < -0.3 is 4.84 Å². The molecule has 0 spiro atoms. The minimum atomic E-state index is -0.434. The summed E-state index contributed by atoms with van der Waals surface area (Å²) in [7, 11) is 0. The molecule has 2 bridgehead atoms. The molecule has 0 aromatic carbocycles. The molecule has 18 heavy (non-hydrogen) atoms. The molecule has 1 heterocycles. The van der Waals surface area contributed by atoms with Gasteiger partial charge in [-0.1, -0.05) is 18.3 Å². The number of nitrogens with zero attached hydrogens (tertiary/aromatic N) is 1. The molecule has 94 valence electrons. The Morgan fingerprint density at radius 3 is 2.50 bits per heavy atom. The highest BCUT2D eigenvalue weighted by atomic mass is 32.1. The molecule has 0 atom stereocenters. The smallest absolute Gasteiger partial charge is 0.335 e. The van der Waals surface area contributed by atoms with Crippen molar-refractivity contribution >= 4 is 24.0 Å². The average Bonchev–Trinajstić information content (AvgIpc) is 2.16. The molecule has 1 aromatic rings. The molecule has 3 saturated carbocycles. The third kappa shape index (κ3) is 1.40. The summed E-state index contributed by atoms with van der Waals surface area (Å²) in [5, 5.41) is 0. The van der Waals surface area contributed by atoms with Gasteiger partial charge in [0.05, 0.1) is 5.41 Å². The van der Waals surface area contributed by atoms with E-state index < -0.39 is 5.41 Å². The summed E-state index contributed by atoms with van der Waals surface area (Å²) in [6.07, 6.45) is 3.52. The molecule has 5 heteroatoms. The summed E-state index contributed by atoms with van der Waals surface area (Å²) >= 11 is 5.06. The van der Waals surface area contributed by atoms with Crippen LogP contribution >= 0.6 is 12.2 Å². The number of carbonyl (C=O) groups is 2. The molecule has 4 rings (SSSR count). The molecule has 3 fully saturated rings. The lowest BCUT2D eigenvalue weighted by molar-refractivity contribution is -0.222. The zero-order chi connectivity index (χ0) is 13.0. The number of ketones is 1. The molecule has 1 aromatic heterocycles. The van der Waals surface area contributed by atoms with Crippen LogP contribution in [-0.2, 0) is 9.59 Å². The minimum absolute atomic E-state index is 0.188. The van der Waals surface area contributed by atoms with E-state index in [1.165, 1.54) is 4.73 Å². The van der Waals surface area contributed by atoms with Gasteiger partial charge >= 0.3 is 5.97 Å². The zero-order valence-electron chi connectivity index (χ0n) is 10.0. The van der Waals surface area contributed by atoms with Gasteiger partial charge in [-0.15, -0.1) is 0 Å². The quantitative estimate of drug-likeness (QED) is 0.782. The third-order valence-electron chi connectivity index (χ3n) is 4.18. The number of carbonyl (C=O) groups excluding carboxylic acids is 2. The van der Waals surface area contributed by atoms with Crippen LogP contribution in [0.4, 0.5) is 0 Å². The summed E-state index contributed by atoms with van der Waals surface area (Å²) in [4.78, 5) is 28.7. The van der Waals surface area contributed by atoms with Crippen molar-refractivity contribution in [3.63, 3.8) is 0 Å². The largest absolute Gasteiger partial charge is 0.339 e. The number of pyridine rings is 1. The van der Waals surface area contributed by atoms with Gasteiger partial charge in [0, 0.05) is 11.6 Å². The predicted molar refractivity (Wildman–Crippen MR) is 66.3 cm³/mol. The van der Waals surface area contributed by atoms with Crippen LogP contribution in [-0.4, -0.2) is 16.5 Å². The van der Waals surface area contributed by atoms with Crippen molar-refractivity contribution in [2.45, 2.75) is 26.2 Å². The lowest BCUT2D eigenvalue weighted by Crippen LogP contribution is -2.69. The highest BCUT2D eigenvalue weighted by molar-refractivity contribution is 7.71. The number of aromatic nitrogens is 1. The van der Waals surface area contributed by atoms with Crippen molar-refractivity contribution < 1.29 is 14.4 Å². The first-order chi connectivity index (χ1) is 8.47. The van der Waals surface area contributed by atoms with Crippen molar-refractivity contribution in [2.24, 2.45) is 10.8 Å².